The molecule has 0 bridgehead atoms. The molecule has 0 aliphatic heterocycles. The van der Waals surface area contributed by atoms with E-state index in [4.69, 9.17) is 35.4 Å². The number of nitrogens with one attached hydrogen (secondary N) is 2. The summed E-state index contributed by atoms with van der Waals surface area (Å²) in [4.78, 5) is 22.3. The first-order valence-electron chi connectivity index (χ1n) is 6.29. The first kappa shape index (κ1) is 18.6. The molecular weight excluding hydrogens is 441 g/mol. The van der Waals surface area contributed by atoms with Crippen molar-refractivity contribution >= 4 is 73.7 Å². The van der Waals surface area contributed by atoms with Crippen molar-refractivity contribution in [2.45, 2.75) is 0 Å². The molecule has 2 N–H and O–H groups in total. The van der Waals surface area contributed by atoms with Crippen molar-refractivity contribution < 1.29 is 9.72 Å². The van der Waals surface area contributed by atoms with E-state index >= 15 is 0 Å². The number of carbonyl (C=O) groups is 1. The molecule has 2 aromatic carbocycles. The smallest absolute Gasteiger partial charge is 0.270 e. The second kappa shape index (κ2) is 7.89. The number of nitrogens with zero attached hydrogens (tertiary/aromatic N) is 1. The van der Waals surface area contributed by atoms with Gasteiger partial charge in [0.1, 0.15) is 0 Å². The van der Waals surface area contributed by atoms with Crippen LogP contribution in [0.2, 0.25) is 10.0 Å². The molecule has 124 valence electrons. The monoisotopic (exact) mass is 447 g/mol. The number of carbonyl (C=O) groups excluding carboxylic acids is 1. The predicted octanol–water partition coefficient (Wildman–Crippen LogP) is 4.79. The number of nitro groups is 1. The lowest BCUT2D eigenvalue weighted by Gasteiger charge is -2.11. The molecule has 0 unspecified atom stereocenters. The topological polar surface area (TPSA) is 84.3 Å². The highest BCUT2D eigenvalue weighted by Gasteiger charge is 2.13. The Morgan fingerprint density at radius 1 is 1.17 bits per heavy atom. The number of halogens is 3. The summed E-state index contributed by atoms with van der Waals surface area (Å²) < 4.78 is 0.433. The summed E-state index contributed by atoms with van der Waals surface area (Å²) in [7, 11) is 0. The number of hydrogen-bond donors (Lipinski definition) is 2. The van der Waals surface area contributed by atoms with E-state index in [1.165, 1.54) is 36.4 Å². The molecule has 0 radical (unpaired) electrons. The standard InChI is InChI=1S/C14H8BrCl2N3O3S/c15-9-6-8(20(22)23)2-4-12(9)18-14(24)19-13(21)7-1-3-10(16)11(17)5-7/h1-6H,(H2,18,19,21,24). The van der Waals surface area contributed by atoms with Crippen LogP contribution in [-0.2, 0) is 0 Å². The van der Waals surface area contributed by atoms with E-state index in [0.29, 0.717) is 15.2 Å². The van der Waals surface area contributed by atoms with Crippen molar-refractivity contribution in [1.29, 1.82) is 0 Å². The van der Waals surface area contributed by atoms with Crippen molar-refractivity contribution in [1.82, 2.24) is 5.32 Å². The summed E-state index contributed by atoms with van der Waals surface area (Å²) in [5, 5.41) is 16.6. The first-order chi connectivity index (χ1) is 11.3. The third kappa shape index (κ3) is 4.64. The van der Waals surface area contributed by atoms with Gasteiger partial charge in [0.25, 0.3) is 11.6 Å². The average molecular weight is 449 g/mol. The molecule has 0 aliphatic rings. The van der Waals surface area contributed by atoms with Crippen LogP contribution in [0.3, 0.4) is 0 Å². The Bertz CT molecular complexity index is 848. The van der Waals surface area contributed by atoms with Gasteiger partial charge in [-0.25, -0.2) is 0 Å². The summed E-state index contributed by atoms with van der Waals surface area (Å²) in [6.07, 6.45) is 0. The number of non-ortho nitro benzene ring substituents is 1. The SMILES string of the molecule is O=C(NC(=S)Nc1ccc([N+](=O)[O-])cc1Br)c1ccc(Cl)c(Cl)c1. The zero-order valence-electron chi connectivity index (χ0n) is 11.7. The Hall–Kier alpha value is -1.74. The molecule has 2 rings (SSSR count). The van der Waals surface area contributed by atoms with E-state index in [0.717, 1.165) is 0 Å². The van der Waals surface area contributed by atoms with Gasteiger partial charge in [0.15, 0.2) is 5.11 Å². The van der Waals surface area contributed by atoms with Gasteiger partial charge in [-0.3, -0.25) is 20.2 Å². The molecular formula is C14H8BrCl2N3O3S. The van der Waals surface area contributed by atoms with Gasteiger partial charge in [-0.2, -0.15) is 0 Å². The number of hydrogen-bond acceptors (Lipinski definition) is 4. The fourth-order valence-corrected chi connectivity index (χ4v) is 2.65. The van der Waals surface area contributed by atoms with Crippen molar-refractivity contribution in [2.75, 3.05) is 5.32 Å². The summed E-state index contributed by atoms with van der Waals surface area (Å²) in [5.41, 5.74) is 0.689. The number of amides is 1. The summed E-state index contributed by atoms with van der Waals surface area (Å²) in [6, 6.07) is 8.54. The van der Waals surface area contributed by atoms with Gasteiger partial charge in [0.2, 0.25) is 0 Å². The van der Waals surface area contributed by atoms with Crippen LogP contribution >= 0.6 is 51.3 Å². The van der Waals surface area contributed by atoms with Crippen molar-refractivity contribution in [3.05, 3.63) is 66.6 Å². The summed E-state index contributed by atoms with van der Waals surface area (Å²) in [5.74, 6) is -0.468. The van der Waals surface area contributed by atoms with Crippen LogP contribution in [0.4, 0.5) is 11.4 Å². The van der Waals surface area contributed by atoms with Crippen LogP contribution in [-0.4, -0.2) is 15.9 Å². The third-order valence-corrected chi connectivity index (χ3v) is 4.42. The average Bonchev–Trinajstić information content (AvgIpc) is 2.51. The molecule has 0 atom stereocenters. The molecule has 0 aliphatic carbocycles. The van der Waals surface area contributed by atoms with E-state index in [2.05, 4.69) is 26.6 Å². The second-order valence-corrected chi connectivity index (χ2v) is 6.54. The van der Waals surface area contributed by atoms with E-state index in [9.17, 15) is 14.9 Å². The van der Waals surface area contributed by atoms with Gasteiger partial charge in [-0.05, 0) is 52.4 Å². The van der Waals surface area contributed by atoms with Crippen LogP contribution in [0.25, 0.3) is 0 Å². The van der Waals surface area contributed by atoms with Crippen LogP contribution in [0.15, 0.2) is 40.9 Å². The molecule has 2 aromatic rings. The number of anilines is 1. The zero-order chi connectivity index (χ0) is 17.9. The second-order valence-electron chi connectivity index (χ2n) is 4.46. The molecule has 0 fully saturated rings. The lowest BCUT2D eigenvalue weighted by molar-refractivity contribution is -0.384. The van der Waals surface area contributed by atoms with Crippen LogP contribution < -0.4 is 10.6 Å². The highest BCUT2D eigenvalue weighted by atomic mass is 79.9. The van der Waals surface area contributed by atoms with E-state index in [1.54, 1.807) is 0 Å². The van der Waals surface area contributed by atoms with E-state index in [-0.39, 0.29) is 21.4 Å². The van der Waals surface area contributed by atoms with Crippen LogP contribution in [0, 0.1) is 10.1 Å². The van der Waals surface area contributed by atoms with Crippen molar-refractivity contribution in [3.63, 3.8) is 0 Å². The maximum atomic E-state index is 12.1. The molecule has 0 saturated carbocycles. The molecule has 0 aromatic heterocycles. The van der Waals surface area contributed by atoms with Gasteiger partial charge in [0, 0.05) is 22.2 Å². The van der Waals surface area contributed by atoms with Gasteiger partial charge >= 0.3 is 0 Å². The molecule has 6 nitrogen and oxygen atoms in total. The van der Waals surface area contributed by atoms with Gasteiger partial charge in [-0.1, -0.05) is 23.2 Å². The summed E-state index contributed by atoms with van der Waals surface area (Å²) in [6.45, 7) is 0. The molecule has 10 heteroatoms. The minimum absolute atomic E-state index is 0.0284. The zero-order valence-corrected chi connectivity index (χ0v) is 15.6. The lowest BCUT2D eigenvalue weighted by Crippen LogP contribution is -2.34. The quantitative estimate of drug-likeness (QED) is 0.400. The number of nitro benzene ring substituents is 1. The lowest BCUT2D eigenvalue weighted by atomic mass is 10.2. The Balaban J connectivity index is 2.06. The Morgan fingerprint density at radius 3 is 2.46 bits per heavy atom. The Morgan fingerprint density at radius 2 is 1.88 bits per heavy atom. The van der Waals surface area contributed by atoms with Crippen LogP contribution in [0.1, 0.15) is 10.4 Å². The third-order valence-electron chi connectivity index (χ3n) is 2.82. The fourth-order valence-electron chi connectivity index (χ4n) is 1.69. The minimum atomic E-state index is -0.515. The maximum absolute atomic E-state index is 12.1. The van der Waals surface area contributed by atoms with E-state index in [1.807, 2.05) is 0 Å². The molecule has 0 heterocycles. The highest BCUT2D eigenvalue weighted by Crippen LogP contribution is 2.27. The van der Waals surface area contributed by atoms with Crippen molar-refractivity contribution in [2.24, 2.45) is 0 Å². The van der Waals surface area contributed by atoms with E-state index < -0.39 is 10.8 Å². The van der Waals surface area contributed by atoms with Gasteiger partial charge in [-0.15, -0.1) is 0 Å². The number of rotatable bonds is 3. The molecule has 1 amide bonds. The molecule has 24 heavy (non-hydrogen) atoms. The number of thiocarbonyl (C=S) groups is 1. The highest BCUT2D eigenvalue weighted by molar-refractivity contribution is 9.10. The van der Waals surface area contributed by atoms with Crippen molar-refractivity contribution in [3.8, 4) is 0 Å². The normalized spacial score (nSPS) is 10.1. The fraction of sp³-hybridized carbons (Fsp3) is 0. The largest absolute Gasteiger partial charge is 0.331 e. The van der Waals surface area contributed by atoms with Gasteiger partial charge in [0.05, 0.1) is 20.7 Å². The number of benzene rings is 2. The molecule has 0 saturated heterocycles. The Labute approximate surface area is 160 Å². The van der Waals surface area contributed by atoms with Crippen LogP contribution in [0.5, 0.6) is 0 Å². The Kier molecular flexibility index (Phi) is 6.11. The maximum Gasteiger partial charge on any atom is 0.270 e. The van der Waals surface area contributed by atoms with Gasteiger partial charge < -0.3 is 5.32 Å². The summed E-state index contributed by atoms with van der Waals surface area (Å²) >= 11 is 19.9. The minimum Gasteiger partial charge on any atom is -0.331 e. The predicted molar refractivity (Wildman–Crippen MR) is 101 cm³/mol. The first-order valence-corrected chi connectivity index (χ1v) is 8.25. The molecule has 0 spiro atoms.